The Balaban J connectivity index is 3.87. The minimum absolute atomic E-state index is 0.197. The first-order chi connectivity index (χ1) is 7.94. The summed E-state index contributed by atoms with van der Waals surface area (Å²) in [4.78, 5) is 11.7. The van der Waals surface area contributed by atoms with Crippen molar-refractivity contribution in [3.8, 4) is 0 Å². The van der Waals surface area contributed by atoms with Gasteiger partial charge in [0.2, 0.25) is 0 Å². The molecule has 0 aromatic carbocycles. The molecule has 0 fully saturated rings. The van der Waals surface area contributed by atoms with Crippen LogP contribution in [-0.4, -0.2) is 47.0 Å². The summed E-state index contributed by atoms with van der Waals surface area (Å²) in [6.07, 6.45) is 1.18. The lowest BCUT2D eigenvalue weighted by atomic mass is 9.97. The van der Waals surface area contributed by atoms with E-state index in [2.05, 4.69) is 0 Å². The number of thioether (sulfide) groups is 1. The second-order valence-electron chi connectivity index (χ2n) is 4.72. The average molecular weight is 264 g/mol. The van der Waals surface area contributed by atoms with Gasteiger partial charge >= 0.3 is 5.97 Å². The predicted molar refractivity (Wildman–Crippen MR) is 70.1 cm³/mol. The quantitative estimate of drug-likeness (QED) is 0.487. The fraction of sp³-hybridized carbons (Fsp3) is 0.917. The average Bonchev–Trinajstić information content (AvgIpc) is 2.28. The highest BCUT2D eigenvalue weighted by Crippen LogP contribution is 2.24. The molecule has 0 bridgehead atoms. The fourth-order valence-electron chi connectivity index (χ4n) is 1.07. The van der Waals surface area contributed by atoms with E-state index in [1.807, 2.05) is 20.8 Å². The number of hydrogen-bond donors (Lipinski definition) is 2. The molecule has 4 nitrogen and oxygen atoms in total. The van der Waals surface area contributed by atoms with Crippen molar-refractivity contribution in [1.29, 1.82) is 0 Å². The van der Waals surface area contributed by atoms with Crippen LogP contribution < -0.4 is 0 Å². The van der Waals surface area contributed by atoms with Gasteiger partial charge in [-0.25, -0.2) is 0 Å². The van der Waals surface area contributed by atoms with E-state index < -0.39 is 11.5 Å². The third kappa shape index (κ3) is 7.63. The summed E-state index contributed by atoms with van der Waals surface area (Å²) in [5.74, 6) is 0.814. The zero-order valence-corrected chi connectivity index (χ0v) is 11.8. The zero-order valence-electron chi connectivity index (χ0n) is 10.9. The van der Waals surface area contributed by atoms with Gasteiger partial charge < -0.3 is 14.9 Å². The molecule has 0 heterocycles. The second-order valence-corrected chi connectivity index (χ2v) is 5.76. The molecule has 0 radical (unpaired) electrons. The van der Waals surface area contributed by atoms with E-state index in [9.17, 15) is 9.90 Å². The number of aliphatic hydroxyl groups excluding tert-OH is 2. The van der Waals surface area contributed by atoms with Crippen molar-refractivity contribution in [3.05, 3.63) is 0 Å². The molecule has 17 heavy (non-hydrogen) atoms. The van der Waals surface area contributed by atoms with E-state index in [0.717, 1.165) is 12.8 Å². The number of carbonyl (C=O) groups is 1. The maximum atomic E-state index is 11.7. The van der Waals surface area contributed by atoms with E-state index >= 15 is 0 Å². The lowest BCUT2D eigenvalue weighted by molar-refractivity contribution is -0.152. The molecule has 0 rings (SSSR count). The van der Waals surface area contributed by atoms with E-state index in [1.54, 1.807) is 0 Å². The Kier molecular flexibility index (Phi) is 8.64. The Labute approximate surface area is 108 Å². The van der Waals surface area contributed by atoms with Crippen LogP contribution in [0.15, 0.2) is 0 Å². The highest BCUT2D eigenvalue weighted by Gasteiger charge is 2.29. The maximum absolute atomic E-state index is 11.7. The number of unbranched alkanes of at least 4 members (excludes halogenated alkanes) is 1. The minimum Gasteiger partial charge on any atom is -0.465 e. The summed E-state index contributed by atoms with van der Waals surface area (Å²) < 4.78 is 5.17. The first kappa shape index (κ1) is 16.7. The zero-order chi connectivity index (χ0) is 13.3. The maximum Gasteiger partial charge on any atom is 0.312 e. The van der Waals surface area contributed by atoms with E-state index in [0.29, 0.717) is 18.1 Å². The molecule has 0 aromatic rings. The van der Waals surface area contributed by atoms with Crippen molar-refractivity contribution in [1.82, 2.24) is 0 Å². The van der Waals surface area contributed by atoms with Crippen molar-refractivity contribution in [2.24, 2.45) is 5.41 Å². The van der Waals surface area contributed by atoms with Gasteiger partial charge in [-0.3, -0.25) is 4.79 Å². The first-order valence-corrected chi connectivity index (χ1v) is 7.13. The van der Waals surface area contributed by atoms with Gasteiger partial charge in [-0.2, -0.15) is 11.8 Å². The van der Waals surface area contributed by atoms with E-state index in [1.165, 1.54) is 11.8 Å². The van der Waals surface area contributed by atoms with Crippen LogP contribution in [-0.2, 0) is 9.53 Å². The van der Waals surface area contributed by atoms with Crippen LogP contribution in [0.2, 0.25) is 0 Å². The number of carbonyl (C=O) groups excluding carboxylic acids is 1. The summed E-state index contributed by atoms with van der Waals surface area (Å²) >= 11 is 1.45. The van der Waals surface area contributed by atoms with Crippen LogP contribution in [0.3, 0.4) is 0 Å². The molecule has 0 aliphatic carbocycles. The van der Waals surface area contributed by atoms with E-state index in [-0.39, 0.29) is 12.6 Å². The van der Waals surface area contributed by atoms with Gasteiger partial charge in [-0.05, 0) is 20.3 Å². The van der Waals surface area contributed by atoms with Crippen molar-refractivity contribution >= 4 is 17.7 Å². The van der Waals surface area contributed by atoms with Crippen LogP contribution in [0.5, 0.6) is 0 Å². The number of ether oxygens (including phenoxy) is 1. The SMILES string of the molecule is CCCCOC(=O)C(C)(C)CSCC(O)CO. The molecule has 0 spiro atoms. The Morgan fingerprint density at radius 2 is 2.12 bits per heavy atom. The van der Waals surface area contributed by atoms with Crippen molar-refractivity contribution in [2.45, 2.75) is 39.7 Å². The molecule has 5 heteroatoms. The van der Waals surface area contributed by atoms with Gasteiger partial charge in [-0.1, -0.05) is 13.3 Å². The van der Waals surface area contributed by atoms with Gasteiger partial charge in [0.15, 0.2) is 0 Å². The summed E-state index contributed by atoms with van der Waals surface area (Å²) in [5.41, 5.74) is -0.548. The summed E-state index contributed by atoms with van der Waals surface area (Å²) in [6, 6.07) is 0. The molecule has 0 aliphatic heterocycles. The molecule has 1 atom stereocenters. The predicted octanol–water partition coefficient (Wildman–Crippen LogP) is 1.44. The number of hydrogen-bond acceptors (Lipinski definition) is 5. The molecule has 0 saturated heterocycles. The molecule has 0 aliphatic rings. The topological polar surface area (TPSA) is 66.8 Å². The van der Waals surface area contributed by atoms with E-state index in [4.69, 9.17) is 9.84 Å². The molecule has 0 aromatic heterocycles. The molecule has 0 saturated carbocycles. The smallest absolute Gasteiger partial charge is 0.312 e. The van der Waals surface area contributed by atoms with Gasteiger partial charge in [0.05, 0.1) is 24.7 Å². The molecular weight excluding hydrogens is 240 g/mol. The van der Waals surface area contributed by atoms with Crippen LogP contribution in [0.1, 0.15) is 33.6 Å². The third-order valence-corrected chi connectivity index (χ3v) is 3.81. The van der Waals surface area contributed by atoms with Crippen molar-refractivity contribution in [3.63, 3.8) is 0 Å². The standard InChI is InChI=1S/C12H24O4S/c1-4-5-6-16-11(15)12(2,3)9-17-8-10(14)7-13/h10,13-14H,4-9H2,1-3H3. The summed E-state index contributed by atoms with van der Waals surface area (Å²) in [7, 11) is 0. The van der Waals surface area contributed by atoms with Crippen molar-refractivity contribution < 1.29 is 19.7 Å². The second kappa shape index (κ2) is 8.78. The highest BCUT2D eigenvalue weighted by atomic mass is 32.2. The molecular formula is C12H24O4S. The van der Waals surface area contributed by atoms with Gasteiger partial charge in [0.25, 0.3) is 0 Å². The Hall–Kier alpha value is -0.260. The molecule has 2 N–H and O–H groups in total. The number of esters is 1. The van der Waals surface area contributed by atoms with Gasteiger partial charge in [0, 0.05) is 11.5 Å². The fourth-order valence-corrected chi connectivity index (χ4v) is 2.19. The van der Waals surface area contributed by atoms with Crippen LogP contribution in [0.4, 0.5) is 0 Å². The van der Waals surface area contributed by atoms with Crippen LogP contribution >= 0.6 is 11.8 Å². The monoisotopic (exact) mass is 264 g/mol. The lowest BCUT2D eigenvalue weighted by Gasteiger charge is -2.22. The minimum atomic E-state index is -0.716. The highest BCUT2D eigenvalue weighted by molar-refractivity contribution is 7.99. The molecule has 1 unspecified atom stereocenters. The third-order valence-electron chi connectivity index (χ3n) is 2.27. The largest absolute Gasteiger partial charge is 0.465 e. The molecule has 102 valence electrons. The van der Waals surface area contributed by atoms with Crippen LogP contribution in [0.25, 0.3) is 0 Å². The Morgan fingerprint density at radius 3 is 2.65 bits per heavy atom. The Bertz CT molecular complexity index is 219. The molecule has 0 amide bonds. The first-order valence-electron chi connectivity index (χ1n) is 5.98. The number of aliphatic hydroxyl groups is 2. The summed E-state index contributed by atoms with van der Waals surface area (Å²) in [5, 5.41) is 17.8. The normalized spacial score (nSPS) is 13.5. The van der Waals surface area contributed by atoms with Gasteiger partial charge in [-0.15, -0.1) is 0 Å². The van der Waals surface area contributed by atoms with Crippen molar-refractivity contribution in [2.75, 3.05) is 24.7 Å². The Morgan fingerprint density at radius 1 is 1.47 bits per heavy atom. The summed E-state index contributed by atoms with van der Waals surface area (Å²) in [6.45, 7) is 5.95. The lowest BCUT2D eigenvalue weighted by Crippen LogP contribution is -2.30. The van der Waals surface area contributed by atoms with Gasteiger partial charge in [0.1, 0.15) is 0 Å². The number of rotatable bonds is 9. The van der Waals surface area contributed by atoms with Crippen LogP contribution in [0, 0.1) is 5.41 Å².